The topological polar surface area (TPSA) is 56.2 Å². The van der Waals surface area contributed by atoms with Crippen LogP contribution in [0.5, 0.6) is 0 Å². The van der Waals surface area contributed by atoms with E-state index in [0.717, 1.165) is 5.69 Å². The molecule has 0 saturated heterocycles. The number of nitrogens with zero attached hydrogens (tertiary/aromatic N) is 3. The molecule has 0 spiro atoms. The molecule has 3 rings (SSSR count). The summed E-state index contributed by atoms with van der Waals surface area (Å²) in [5.74, 6) is 0.981. The molecule has 2 aromatic heterocycles. The number of hydrogen-bond acceptors (Lipinski definition) is 3. The summed E-state index contributed by atoms with van der Waals surface area (Å²) >= 11 is 5.85. The minimum absolute atomic E-state index is 0.400. The molecule has 4 nitrogen and oxygen atoms in total. The molecule has 84 valence electrons. The van der Waals surface area contributed by atoms with Gasteiger partial charge in [-0.25, -0.2) is 9.97 Å². The van der Waals surface area contributed by atoms with E-state index in [-0.39, 0.29) is 0 Å². The van der Waals surface area contributed by atoms with Gasteiger partial charge in [-0.1, -0.05) is 24.4 Å². The molecule has 2 N–H and O–H groups in total. The van der Waals surface area contributed by atoms with Crippen molar-refractivity contribution in [2.75, 3.05) is 5.73 Å². The molecule has 0 aromatic carbocycles. The third kappa shape index (κ3) is 1.53. The molecular weight excluding hydrogens is 224 g/mol. The molecule has 2 aromatic rings. The molecule has 0 bridgehead atoms. The first kappa shape index (κ1) is 9.90. The van der Waals surface area contributed by atoms with Gasteiger partial charge in [0.05, 0.1) is 5.69 Å². The summed E-state index contributed by atoms with van der Waals surface area (Å²) in [4.78, 5) is 8.55. The van der Waals surface area contributed by atoms with E-state index >= 15 is 0 Å². The molecule has 0 aliphatic heterocycles. The van der Waals surface area contributed by atoms with Crippen molar-refractivity contribution in [2.24, 2.45) is 0 Å². The summed E-state index contributed by atoms with van der Waals surface area (Å²) in [6, 6.07) is 0. The highest BCUT2D eigenvalue weighted by Crippen LogP contribution is 2.33. The van der Waals surface area contributed by atoms with E-state index in [1.54, 1.807) is 6.20 Å². The minimum atomic E-state index is 0.400. The van der Waals surface area contributed by atoms with Crippen LogP contribution in [-0.2, 0) is 0 Å². The zero-order valence-corrected chi connectivity index (χ0v) is 9.61. The first-order chi connectivity index (χ1) is 7.74. The molecule has 16 heavy (non-hydrogen) atoms. The van der Waals surface area contributed by atoms with Crippen molar-refractivity contribution >= 4 is 23.1 Å². The SMILES string of the molecule is Nc1nc(Cl)cn2cc(C3CCCC3)nc12. The zero-order valence-electron chi connectivity index (χ0n) is 8.86. The van der Waals surface area contributed by atoms with Crippen LogP contribution in [0.2, 0.25) is 5.15 Å². The second-order valence-electron chi connectivity index (χ2n) is 4.33. The van der Waals surface area contributed by atoms with Crippen LogP contribution < -0.4 is 5.73 Å². The van der Waals surface area contributed by atoms with E-state index in [0.29, 0.717) is 22.5 Å². The number of rotatable bonds is 1. The predicted octanol–water partition coefficient (Wildman–Crippen LogP) is 2.62. The van der Waals surface area contributed by atoms with Gasteiger partial charge in [0.2, 0.25) is 0 Å². The Morgan fingerprint density at radius 2 is 2.00 bits per heavy atom. The average Bonchev–Trinajstić information content (AvgIpc) is 2.82. The summed E-state index contributed by atoms with van der Waals surface area (Å²) in [7, 11) is 0. The van der Waals surface area contributed by atoms with E-state index in [1.807, 2.05) is 10.6 Å². The molecule has 5 heteroatoms. The summed E-state index contributed by atoms with van der Waals surface area (Å²) in [5, 5.41) is 0.403. The third-order valence-electron chi connectivity index (χ3n) is 3.23. The molecule has 2 heterocycles. The maximum Gasteiger partial charge on any atom is 0.180 e. The van der Waals surface area contributed by atoms with Crippen LogP contribution in [0.25, 0.3) is 5.65 Å². The highest BCUT2D eigenvalue weighted by molar-refractivity contribution is 6.29. The summed E-state index contributed by atoms with van der Waals surface area (Å²) in [6.45, 7) is 0. The van der Waals surface area contributed by atoms with Crippen molar-refractivity contribution in [3.8, 4) is 0 Å². The van der Waals surface area contributed by atoms with Gasteiger partial charge < -0.3 is 10.1 Å². The van der Waals surface area contributed by atoms with E-state index in [1.165, 1.54) is 25.7 Å². The largest absolute Gasteiger partial charge is 0.381 e. The Morgan fingerprint density at radius 3 is 2.75 bits per heavy atom. The Labute approximate surface area is 98.5 Å². The number of nitrogens with two attached hydrogens (primary N) is 1. The van der Waals surface area contributed by atoms with Crippen LogP contribution in [-0.4, -0.2) is 14.4 Å². The molecule has 0 atom stereocenters. The lowest BCUT2D eigenvalue weighted by Crippen LogP contribution is -1.96. The van der Waals surface area contributed by atoms with Gasteiger partial charge >= 0.3 is 0 Å². The lowest BCUT2D eigenvalue weighted by atomic mass is 10.1. The highest BCUT2D eigenvalue weighted by Gasteiger charge is 2.20. The lowest BCUT2D eigenvalue weighted by molar-refractivity contribution is 0.703. The fraction of sp³-hybridized carbons (Fsp3) is 0.455. The number of imidazole rings is 1. The second-order valence-corrected chi connectivity index (χ2v) is 4.71. The van der Waals surface area contributed by atoms with E-state index in [4.69, 9.17) is 17.3 Å². The molecule has 0 unspecified atom stereocenters. The monoisotopic (exact) mass is 236 g/mol. The summed E-state index contributed by atoms with van der Waals surface area (Å²) in [6.07, 6.45) is 8.82. The summed E-state index contributed by atoms with van der Waals surface area (Å²) < 4.78 is 1.87. The molecule has 1 aliphatic rings. The lowest BCUT2D eigenvalue weighted by Gasteiger charge is -2.02. The molecule has 0 amide bonds. The van der Waals surface area contributed by atoms with Crippen molar-refractivity contribution < 1.29 is 0 Å². The van der Waals surface area contributed by atoms with Gasteiger partial charge in [0.15, 0.2) is 11.5 Å². The van der Waals surface area contributed by atoms with Crippen LogP contribution in [0, 0.1) is 0 Å². The van der Waals surface area contributed by atoms with Crippen molar-refractivity contribution in [2.45, 2.75) is 31.6 Å². The van der Waals surface area contributed by atoms with Crippen molar-refractivity contribution in [3.05, 3.63) is 23.2 Å². The first-order valence-electron chi connectivity index (χ1n) is 5.54. The smallest absolute Gasteiger partial charge is 0.180 e. The van der Waals surface area contributed by atoms with Gasteiger partial charge in [-0.3, -0.25) is 0 Å². The number of halogens is 1. The van der Waals surface area contributed by atoms with E-state index < -0.39 is 0 Å². The van der Waals surface area contributed by atoms with Crippen LogP contribution in [0.3, 0.4) is 0 Å². The van der Waals surface area contributed by atoms with Crippen molar-refractivity contribution in [3.63, 3.8) is 0 Å². The number of anilines is 1. The Bertz CT molecular complexity index is 528. The molecule has 1 fully saturated rings. The van der Waals surface area contributed by atoms with Crippen LogP contribution in [0.4, 0.5) is 5.82 Å². The molecule has 0 radical (unpaired) electrons. The van der Waals surface area contributed by atoms with Gasteiger partial charge in [0.1, 0.15) is 5.15 Å². The number of aromatic nitrogens is 3. The van der Waals surface area contributed by atoms with Gasteiger partial charge in [0.25, 0.3) is 0 Å². The van der Waals surface area contributed by atoms with Gasteiger partial charge in [-0.05, 0) is 12.8 Å². The predicted molar refractivity (Wildman–Crippen MR) is 63.6 cm³/mol. The quantitative estimate of drug-likeness (QED) is 0.828. The summed E-state index contributed by atoms with van der Waals surface area (Å²) in [5.41, 5.74) is 7.62. The Morgan fingerprint density at radius 1 is 1.25 bits per heavy atom. The Balaban J connectivity index is 2.11. The Kier molecular flexibility index (Phi) is 2.24. The minimum Gasteiger partial charge on any atom is -0.381 e. The van der Waals surface area contributed by atoms with Crippen LogP contribution in [0.15, 0.2) is 12.4 Å². The fourth-order valence-corrected chi connectivity index (χ4v) is 2.62. The van der Waals surface area contributed by atoms with Gasteiger partial charge in [-0.2, -0.15) is 0 Å². The standard InChI is InChI=1S/C11H13ClN4/c12-9-6-16-5-8(7-3-1-2-4-7)14-11(16)10(13)15-9/h5-7H,1-4H2,(H2,13,15). The normalized spacial score (nSPS) is 17.3. The van der Waals surface area contributed by atoms with Gasteiger partial charge in [-0.15, -0.1) is 0 Å². The van der Waals surface area contributed by atoms with E-state index in [2.05, 4.69) is 9.97 Å². The maximum atomic E-state index is 5.85. The van der Waals surface area contributed by atoms with Crippen molar-refractivity contribution in [1.29, 1.82) is 0 Å². The maximum absolute atomic E-state index is 5.85. The zero-order chi connectivity index (χ0) is 11.1. The van der Waals surface area contributed by atoms with Crippen LogP contribution in [0.1, 0.15) is 37.3 Å². The van der Waals surface area contributed by atoms with Crippen molar-refractivity contribution in [1.82, 2.24) is 14.4 Å². The average molecular weight is 237 g/mol. The van der Waals surface area contributed by atoms with E-state index in [9.17, 15) is 0 Å². The Hall–Kier alpha value is -1.29. The number of hydrogen-bond donors (Lipinski definition) is 1. The number of fused-ring (bicyclic) bond motifs is 1. The van der Waals surface area contributed by atoms with Crippen LogP contribution >= 0.6 is 11.6 Å². The molecular formula is C11H13ClN4. The highest BCUT2D eigenvalue weighted by atomic mass is 35.5. The molecule has 1 aliphatic carbocycles. The fourth-order valence-electron chi connectivity index (χ4n) is 2.43. The van der Waals surface area contributed by atoms with Gasteiger partial charge in [0, 0.05) is 18.3 Å². The first-order valence-corrected chi connectivity index (χ1v) is 5.92. The number of nitrogen functional groups attached to an aromatic ring is 1. The third-order valence-corrected chi connectivity index (χ3v) is 3.41. The molecule has 1 saturated carbocycles. The second kappa shape index (κ2) is 3.63.